The fraction of sp³-hybridized carbons (Fsp3) is 0.333. The molecule has 0 fully saturated rings. The van der Waals surface area contributed by atoms with Gasteiger partial charge in [-0.1, -0.05) is 0 Å². The predicted octanol–water partition coefficient (Wildman–Crippen LogP) is 2.93. The second-order valence-corrected chi connectivity index (χ2v) is 4.79. The monoisotopic (exact) mass is 306 g/mol. The highest BCUT2D eigenvalue weighted by Crippen LogP contribution is 2.25. The molecule has 118 valence electrons. The number of nitrogens with one attached hydrogen (secondary N) is 2. The first-order valence-corrected chi connectivity index (χ1v) is 6.97. The van der Waals surface area contributed by atoms with E-state index >= 15 is 0 Å². The van der Waals surface area contributed by atoms with Crippen LogP contribution in [0.15, 0.2) is 30.6 Å². The van der Waals surface area contributed by atoms with Crippen molar-refractivity contribution in [3.05, 3.63) is 42.0 Å². The van der Waals surface area contributed by atoms with E-state index in [9.17, 15) is 9.18 Å². The van der Waals surface area contributed by atoms with E-state index in [4.69, 9.17) is 4.74 Å². The molecule has 0 aliphatic rings. The Morgan fingerprint density at radius 2 is 2.27 bits per heavy atom. The van der Waals surface area contributed by atoms with Gasteiger partial charge in [-0.3, -0.25) is 4.68 Å². The van der Waals surface area contributed by atoms with Gasteiger partial charge in [-0.15, -0.1) is 0 Å². The number of hydrogen-bond acceptors (Lipinski definition) is 3. The van der Waals surface area contributed by atoms with Crippen molar-refractivity contribution >= 4 is 11.7 Å². The molecule has 2 amide bonds. The number of carbonyl (C=O) groups excluding carboxylic acids is 1. The van der Waals surface area contributed by atoms with Crippen LogP contribution >= 0.6 is 0 Å². The Bertz CT molecular complexity index is 657. The van der Waals surface area contributed by atoms with Gasteiger partial charge in [0.25, 0.3) is 0 Å². The van der Waals surface area contributed by atoms with Crippen molar-refractivity contribution in [2.45, 2.75) is 26.4 Å². The third-order valence-electron chi connectivity index (χ3n) is 3.22. The number of carbonyl (C=O) groups is 1. The number of halogens is 1. The second-order valence-electron chi connectivity index (χ2n) is 4.79. The van der Waals surface area contributed by atoms with Crippen LogP contribution in [-0.4, -0.2) is 22.9 Å². The summed E-state index contributed by atoms with van der Waals surface area (Å²) >= 11 is 0. The van der Waals surface area contributed by atoms with E-state index in [1.165, 1.54) is 25.3 Å². The summed E-state index contributed by atoms with van der Waals surface area (Å²) in [5.41, 5.74) is 1.17. The minimum absolute atomic E-state index is 0.380. The number of hydrogen-bond donors (Lipinski definition) is 2. The molecule has 0 aliphatic heterocycles. The first kappa shape index (κ1) is 15.8. The summed E-state index contributed by atoms with van der Waals surface area (Å²) < 4.78 is 20.3. The number of benzene rings is 1. The summed E-state index contributed by atoms with van der Waals surface area (Å²) in [6.45, 7) is 4.43. The van der Waals surface area contributed by atoms with Crippen molar-refractivity contribution in [2.24, 2.45) is 0 Å². The first-order valence-electron chi connectivity index (χ1n) is 6.97. The average Bonchev–Trinajstić information content (AvgIpc) is 2.94. The summed E-state index contributed by atoms with van der Waals surface area (Å²) in [6, 6.07) is 3.39. The lowest BCUT2D eigenvalue weighted by molar-refractivity contribution is 0.249. The van der Waals surface area contributed by atoms with Crippen LogP contribution in [0.4, 0.5) is 14.9 Å². The molecule has 0 spiro atoms. The van der Waals surface area contributed by atoms with Gasteiger partial charge in [-0.25, -0.2) is 9.18 Å². The fourth-order valence-electron chi connectivity index (χ4n) is 2.09. The SMILES string of the molecule is CCn1cc(NC(=O)N[C@@H](C)c2cc(F)ccc2OC)cn1. The van der Waals surface area contributed by atoms with E-state index in [1.807, 2.05) is 6.92 Å². The highest BCUT2D eigenvalue weighted by atomic mass is 19.1. The summed E-state index contributed by atoms with van der Waals surface area (Å²) in [5.74, 6) is 0.141. The van der Waals surface area contributed by atoms with E-state index in [1.54, 1.807) is 24.0 Å². The van der Waals surface area contributed by atoms with Crippen LogP contribution in [0.3, 0.4) is 0 Å². The molecule has 0 radical (unpaired) electrons. The van der Waals surface area contributed by atoms with Gasteiger partial charge in [0.05, 0.1) is 25.0 Å². The molecule has 7 heteroatoms. The number of amides is 2. The lowest BCUT2D eigenvalue weighted by Crippen LogP contribution is -2.31. The van der Waals surface area contributed by atoms with Gasteiger partial charge in [0.2, 0.25) is 0 Å². The molecule has 0 saturated heterocycles. The Labute approximate surface area is 128 Å². The quantitative estimate of drug-likeness (QED) is 0.892. The maximum absolute atomic E-state index is 13.4. The molecule has 1 atom stereocenters. The number of rotatable bonds is 5. The molecular formula is C15H19FN4O2. The molecule has 22 heavy (non-hydrogen) atoms. The number of methoxy groups -OCH3 is 1. The second kappa shape index (κ2) is 6.93. The van der Waals surface area contributed by atoms with Gasteiger partial charge in [-0.05, 0) is 32.0 Å². The normalized spacial score (nSPS) is 11.8. The number of aryl methyl sites for hydroxylation is 1. The number of aromatic nitrogens is 2. The number of urea groups is 1. The van der Waals surface area contributed by atoms with E-state index in [0.717, 1.165) is 6.54 Å². The fourth-order valence-corrected chi connectivity index (χ4v) is 2.09. The molecule has 2 rings (SSSR count). The van der Waals surface area contributed by atoms with Gasteiger partial charge < -0.3 is 15.4 Å². The highest BCUT2D eigenvalue weighted by Gasteiger charge is 2.15. The van der Waals surface area contributed by atoms with Gasteiger partial charge in [0, 0.05) is 18.3 Å². The molecule has 1 aromatic heterocycles. The molecular weight excluding hydrogens is 287 g/mol. The van der Waals surface area contributed by atoms with Crippen LogP contribution < -0.4 is 15.4 Å². The number of ether oxygens (including phenoxy) is 1. The Hall–Kier alpha value is -2.57. The summed E-state index contributed by atoms with van der Waals surface area (Å²) in [7, 11) is 1.50. The van der Waals surface area contributed by atoms with Gasteiger partial charge in [0.15, 0.2) is 0 Å². The van der Waals surface area contributed by atoms with Crippen molar-refractivity contribution in [3.63, 3.8) is 0 Å². The zero-order valence-corrected chi connectivity index (χ0v) is 12.8. The first-order chi connectivity index (χ1) is 10.5. The van der Waals surface area contributed by atoms with Crippen LogP contribution in [0.1, 0.15) is 25.5 Å². The molecule has 2 N–H and O–H groups in total. The van der Waals surface area contributed by atoms with Crippen LogP contribution in [0.25, 0.3) is 0 Å². The summed E-state index contributed by atoms with van der Waals surface area (Å²) in [6.07, 6.45) is 3.30. The minimum atomic E-state index is -0.410. The molecule has 1 heterocycles. The van der Waals surface area contributed by atoms with Crippen LogP contribution in [0.2, 0.25) is 0 Å². The van der Waals surface area contributed by atoms with Crippen molar-refractivity contribution < 1.29 is 13.9 Å². The molecule has 0 saturated carbocycles. The zero-order chi connectivity index (χ0) is 16.1. The van der Waals surface area contributed by atoms with Gasteiger partial charge in [-0.2, -0.15) is 5.10 Å². The van der Waals surface area contributed by atoms with Crippen molar-refractivity contribution in [2.75, 3.05) is 12.4 Å². The summed E-state index contributed by atoms with van der Waals surface area (Å²) in [5, 5.41) is 9.49. The van der Waals surface area contributed by atoms with Crippen molar-refractivity contribution in [1.82, 2.24) is 15.1 Å². The van der Waals surface area contributed by atoms with Crippen molar-refractivity contribution in [1.29, 1.82) is 0 Å². The molecule has 6 nitrogen and oxygen atoms in total. The minimum Gasteiger partial charge on any atom is -0.496 e. The largest absolute Gasteiger partial charge is 0.496 e. The standard InChI is InChI=1S/C15H19FN4O2/c1-4-20-9-12(8-17-20)19-15(21)18-10(2)13-7-11(16)5-6-14(13)22-3/h5-10H,4H2,1-3H3,(H2,18,19,21)/t10-/m0/s1. The lowest BCUT2D eigenvalue weighted by Gasteiger charge is -2.17. The van der Waals surface area contributed by atoms with E-state index in [-0.39, 0.29) is 5.82 Å². The predicted molar refractivity (Wildman–Crippen MR) is 81.4 cm³/mol. The van der Waals surface area contributed by atoms with Crippen molar-refractivity contribution in [3.8, 4) is 5.75 Å². The third kappa shape index (κ3) is 3.75. The molecule has 0 aliphatic carbocycles. The Kier molecular flexibility index (Phi) is 4.98. The van der Waals surface area contributed by atoms with E-state index in [0.29, 0.717) is 17.0 Å². The van der Waals surface area contributed by atoms with E-state index < -0.39 is 12.1 Å². The topological polar surface area (TPSA) is 68.2 Å². The third-order valence-corrected chi connectivity index (χ3v) is 3.22. The van der Waals surface area contributed by atoms with E-state index in [2.05, 4.69) is 15.7 Å². The average molecular weight is 306 g/mol. The Morgan fingerprint density at radius 1 is 1.50 bits per heavy atom. The van der Waals surface area contributed by atoms with Gasteiger partial charge in [0.1, 0.15) is 11.6 Å². The van der Waals surface area contributed by atoms with Crippen LogP contribution in [0, 0.1) is 5.82 Å². The molecule has 1 aromatic carbocycles. The van der Waals surface area contributed by atoms with Crippen LogP contribution in [-0.2, 0) is 6.54 Å². The number of anilines is 1. The molecule has 0 unspecified atom stereocenters. The molecule has 0 bridgehead atoms. The smallest absolute Gasteiger partial charge is 0.319 e. The summed E-state index contributed by atoms with van der Waals surface area (Å²) in [4.78, 5) is 12.0. The molecule has 2 aromatic rings. The zero-order valence-electron chi connectivity index (χ0n) is 12.8. The highest BCUT2D eigenvalue weighted by molar-refractivity contribution is 5.89. The lowest BCUT2D eigenvalue weighted by atomic mass is 10.1. The Morgan fingerprint density at radius 3 is 2.91 bits per heavy atom. The Balaban J connectivity index is 2.03. The number of nitrogens with zero attached hydrogens (tertiary/aromatic N) is 2. The maximum Gasteiger partial charge on any atom is 0.319 e. The maximum atomic E-state index is 13.4. The van der Waals surface area contributed by atoms with Crippen LogP contribution in [0.5, 0.6) is 5.75 Å². The van der Waals surface area contributed by atoms with Gasteiger partial charge >= 0.3 is 6.03 Å².